The normalized spacial score (nSPS) is 16.4. The Hall–Kier alpha value is -2.55. The molecule has 194 valence electrons. The number of thiazole rings is 1. The van der Waals surface area contributed by atoms with Crippen LogP contribution in [-0.2, 0) is 16.0 Å². The molecule has 1 aliphatic rings. The average molecular weight is 546 g/mol. The zero-order chi connectivity index (χ0) is 26.3. The highest BCUT2D eigenvalue weighted by Crippen LogP contribution is 2.39. The minimum Gasteiger partial charge on any atom is -0.480 e. The maximum absolute atomic E-state index is 13.2. The van der Waals surface area contributed by atoms with Crippen LogP contribution in [-0.4, -0.2) is 68.9 Å². The lowest BCUT2D eigenvalue weighted by atomic mass is 10.1. The van der Waals surface area contributed by atoms with E-state index in [1.165, 1.54) is 11.8 Å². The number of halogens is 6. The lowest BCUT2D eigenvalue weighted by Crippen LogP contribution is -2.49. The Morgan fingerprint density at radius 1 is 1.11 bits per heavy atom. The van der Waals surface area contributed by atoms with E-state index in [1.807, 2.05) is 0 Å². The second-order valence-electron chi connectivity index (χ2n) is 7.92. The van der Waals surface area contributed by atoms with Gasteiger partial charge in [0.15, 0.2) is 21.1 Å². The molecule has 1 aliphatic heterocycles. The molecule has 0 spiro atoms. The van der Waals surface area contributed by atoms with Gasteiger partial charge >= 0.3 is 12.4 Å². The SMILES string of the molecule is Cc1nc(N2CCN(C(=O)c3cc(S(C)(=O)=O)ccc3O[C@H](C)C(F)(F)F)CC2)sc1C(F)(F)F. The van der Waals surface area contributed by atoms with Gasteiger partial charge in [-0.2, -0.15) is 26.3 Å². The van der Waals surface area contributed by atoms with E-state index in [0.29, 0.717) is 11.3 Å². The Balaban J connectivity index is 1.82. The van der Waals surface area contributed by atoms with Gasteiger partial charge in [-0.15, -0.1) is 0 Å². The molecule has 1 fully saturated rings. The van der Waals surface area contributed by atoms with Crippen molar-refractivity contribution in [2.75, 3.05) is 37.3 Å². The highest BCUT2D eigenvalue weighted by atomic mass is 32.2. The molecule has 1 aromatic carbocycles. The standard InChI is InChI=1S/C20H21F6N3O4S2/c1-11-16(20(24,25)26)34-18(27-11)29-8-6-28(7-9-29)17(30)14-10-13(35(3,31)32)4-5-15(14)33-12(2)19(21,22)23/h4-5,10,12H,6-9H2,1-3H3/t12-/m1/s1. The van der Waals surface area contributed by atoms with Crippen LogP contribution in [0, 0.1) is 6.92 Å². The van der Waals surface area contributed by atoms with Crippen molar-refractivity contribution in [2.45, 2.75) is 37.2 Å². The number of amides is 1. The van der Waals surface area contributed by atoms with Gasteiger partial charge in [0.05, 0.1) is 16.2 Å². The fourth-order valence-corrected chi connectivity index (χ4v) is 4.95. The van der Waals surface area contributed by atoms with E-state index < -0.39 is 44.8 Å². The Labute approximate surface area is 201 Å². The van der Waals surface area contributed by atoms with Crippen molar-refractivity contribution in [1.82, 2.24) is 9.88 Å². The van der Waals surface area contributed by atoms with Gasteiger partial charge in [0.2, 0.25) is 0 Å². The fourth-order valence-electron chi connectivity index (χ4n) is 3.32. The number of ether oxygens (including phenoxy) is 1. The van der Waals surface area contributed by atoms with Crippen LogP contribution in [0.15, 0.2) is 23.1 Å². The number of aromatic nitrogens is 1. The van der Waals surface area contributed by atoms with E-state index in [0.717, 1.165) is 31.4 Å². The molecular weight excluding hydrogens is 524 g/mol. The second-order valence-corrected chi connectivity index (χ2v) is 10.9. The van der Waals surface area contributed by atoms with Crippen LogP contribution in [0.2, 0.25) is 0 Å². The van der Waals surface area contributed by atoms with Crippen LogP contribution < -0.4 is 9.64 Å². The Kier molecular flexibility index (Phi) is 7.33. The highest BCUT2D eigenvalue weighted by Gasteiger charge is 2.39. The van der Waals surface area contributed by atoms with Gasteiger partial charge in [0.25, 0.3) is 5.91 Å². The fraction of sp³-hybridized carbons (Fsp3) is 0.500. The summed E-state index contributed by atoms with van der Waals surface area (Å²) in [6, 6.07) is 3.01. The highest BCUT2D eigenvalue weighted by molar-refractivity contribution is 7.90. The molecule has 15 heteroatoms. The summed E-state index contributed by atoms with van der Waals surface area (Å²) in [5, 5.41) is 0.143. The van der Waals surface area contributed by atoms with Crippen molar-refractivity contribution in [3.8, 4) is 5.75 Å². The van der Waals surface area contributed by atoms with Gasteiger partial charge in [-0.1, -0.05) is 11.3 Å². The number of anilines is 1. The van der Waals surface area contributed by atoms with Gasteiger partial charge in [-0.3, -0.25) is 4.79 Å². The number of sulfone groups is 1. The second kappa shape index (κ2) is 9.48. The first kappa shape index (κ1) is 27.0. The summed E-state index contributed by atoms with van der Waals surface area (Å²) in [7, 11) is -3.78. The molecule has 1 saturated heterocycles. The number of nitrogens with zero attached hydrogens (tertiary/aromatic N) is 3. The maximum atomic E-state index is 13.2. The van der Waals surface area contributed by atoms with E-state index >= 15 is 0 Å². The van der Waals surface area contributed by atoms with Gasteiger partial charge in [-0.25, -0.2) is 13.4 Å². The minimum atomic E-state index is -4.72. The molecule has 3 rings (SSSR count). The molecule has 0 saturated carbocycles. The van der Waals surface area contributed by atoms with Crippen molar-refractivity contribution in [2.24, 2.45) is 0 Å². The Morgan fingerprint density at radius 3 is 2.20 bits per heavy atom. The number of piperazine rings is 1. The first-order valence-electron chi connectivity index (χ1n) is 10.1. The number of alkyl halides is 6. The van der Waals surface area contributed by atoms with E-state index in [4.69, 9.17) is 4.74 Å². The molecule has 0 radical (unpaired) electrons. The zero-order valence-corrected chi connectivity index (χ0v) is 20.3. The van der Waals surface area contributed by atoms with E-state index in [2.05, 4.69) is 4.98 Å². The minimum absolute atomic E-state index is 0.0240. The third-order valence-corrected chi connectivity index (χ3v) is 7.63. The molecule has 2 heterocycles. The average Bonchev–Trinajstić information content (AvgIpc) is 3.14. The number of aryl methyl sites for hydroxylation is 1. The van der Waals surface area contributed by atoms with Crippen molar-refractivity contribution in [1.29, 1.82) is 0 Å². The molecular formula is C20H21F6N3O4S2. The van der Waals surface area contributed by atoms with Crippen molar-refractivity contribution in [3.63, 3.8) is 0 Å². The van der Waals surface area contributed by atoms with Crippen LogP contribution >= 0.6 is 11.3 Å². The smallest absolute Gasteiger partial charge is 0.427 e. The summed E-state index contributed by atoms with van der Waals surface area (Å²) in [5.41, 5.74) is -0.518. The quantitative estimate of drug-likeness (QED) is 0.525. The molecule has 1 atom stereocenters. The van der Waals surface area contributed by atoms with E-state index in [-0.39, 0.29) is 47.5 Å². The zero-order valence-electron chi connectivity index (χ0n) is 18.7. The van der Waals surface area contributed by atoms with Crippen LogP contribution in [0.4, 0.5) is 31.5 Å². The molecule has 2 aromatic rings. The molecule has 1 aromatic heterocycles. The number of carbonyl (C=O) groups is 1. The number of carbonyl (C=O) groups excluding carboxylic acids is 1. The molecule has 0 unspecified atom stereocenters. The Bertz CT molecular complexity index is 1200. The predicted molar refractivity (Wildman–Crippen MR) is 116 cm³/mol. The first-order chi connectivity index (χ1) is 16.0. The van der Waals surface area contributed by atoms with Crippen molar-refractivity contribution < 1.29 is 44.3 Å². The van der Waals surface area contributed by atoms with Gasteiger partial charge in [-0.05, 0) is 32.0 Å². The molecule has 1 amide bonds. The van der Waals surface area contributed by atoms with E-state index in [1.54, 1.807) is 4.90 Å². The number of hydrogen-bond acceptors (Lipinski definition) is 7. The summed E-state index contributed by atoms with van der Waals surface area (Å²) in [5.74, 6) is -1.19. The van der Waals surface area contributed by atoms with E-state index in [9.17, 15) is 39.6 Å². The number of rotatable bonds is 5. The molecule has 7 nitrogen and oxygen atoms in total. The lowest BCUT2D eigenvalue weighted by molar-refractivity contribution is -0.189. The van der Waals surface area contributed by atoms with Crippen LogP contribution in [0.25, 0.3) is 0 Å². The molecule has 35 heavy (non-hydrogen) atoms. The molecule has 0 bridgehead atoms. The Morgan fingerprint density at radius 2 is 1.71 bits per heavy atom. The monoisotopic (exact) mass is 545 g/mol. The van der Waals surface area contributed by atoms with Crippen LogP contribution in [0.5, 0.6) is 5.75 Å². The summed E-state index contributed by atoms with van der Waals surface area (Å²) in [4.78, 5) is 18.9. The topological polar surface area (TPSA) is 79.8 Å². The summed E-state index contributed by atoms with van der Waals surface area (Å²) in [6.45, 7) is 2.30. The van der Waals surface area contributed by atoms with Crippen LogP contribution in [0.3, 0.4) is 0 Å². The maximum Gasteiger partial charge on any atom is 0.427 e. The molecule has 0 aliphatic carbocycles. The largest absolute Gasteiger partial charge is 0.480 e. The third kappa shape index (κ3) is 6.18. The predicted octanol–water partition coefficient (Wildman–Crippen LogP) is 4.17. The van der Waals surface area contributed by atoms with Gasteiger partial charge < -0.3 is 14.5 Å². The third-order valence-electron chi connectivity index (χ3n) is 5.25. The summed E-state index contributed by atoms with van der Waals surface area (Å²) in [6.07, 6.45) is -10.6. The lowest BCUT2D eigenvalue weighted by Gasteiger charge is -2.35. The van der Waals surface area contributed by atoms with Crippen molar-refractivity contribution in [3.05, 3.63) is 34.3 Å². The van der Waals surface area contributed by atoms with Gasteiger partial charge in [0.1, 0.15) is 10.6 Å². The number of benzene rings is 1. The summed E-state index contributed by atoms with van der Waals surface area (Å²) >= 11 is 0.488. The summed E-state index contributed by atoms with van der Waals surface area (Å²) < 4.78 is 107. The van der Waals surface area contributed by atoms with Crippen molar-refractivity contribution >= 4 is 32.2 Å². The van der Waals surface area contributed by atoms with Crippen LogP contribution in [0.1, 0.15) is 27.9 Å². The molecule has 0 N–H and O–H groups in total. The number of hydrogen-bond donors (Lipinski definition) is 0. The van der Waals surface area contributed by atoms with Gasteiger partial charge in [0, 0.05) is 32.4 Å². The first-order valence-corrected chi connectivity index (χ1v) is 12.9.